The van der Waals surface area contributed by atoms with E-state index in [0.717, 1.165) is 33.1 Å². The van der Waals surface area contributed by atoms with Gasteiger partial charge in [-0.1, -0.05) is 140 Å². The fourth-order valence-corrected chi connectivity index (χ4v) is 7.85. The maximum absolute atomic E-state index is 5.18. The average Bonchev–Trinajstić information content (AvgIpc) is 3.48. The molecule has 0 spiro atoms. The van der Waals surface area contributed by atoms with Crippen LogP contribution >= 0.6 is 11.3 Å². The van der Waals surface area contributed by atoms with Crippen molar-refractivity contribution >= 4 is 64.1 Å². The Morgan fingerprint density at radius 3 is 1.49 bits per heavy atom. The first kappa shape index (κ1) is 24.2. The number of rotatable bonds is 3. The van der Waals surface area contributed by atoms with Crippen molar-refractivity contribution in [3.8, 4) is 33.5 Å². The second-order valence-electron chi connectivity index (χ2n) is 11.0. The molecule has 0 atom stereocenters. The minimum atomic E-state index is 0.882. The van der Waals surface area contributed by atoms with Gasteiger partial charge >= 0.3 is 0 Å². The Bertz CT molecular complexity index is 2460. The minimum absolute atomic E-state index is 0.882. The van der Waals surface area contributed by atoms with Gasteiger partial charge in [-0.3, -0.25) is 4.98 Å². The second kappa shape index (κ2) is 9.59. The maximum Gasteiger partial charge on any atom is 0.0979 e. The van der Waals surface area contributed by atoms with Crippen molar-refractivity contribution in [3.63, 3.8) is 0 Å². The molecule has 7 aromatic carbocycles. The molecule has 0 aliphatic rings. The van der Waals surface area contributed by atoms with Gasteiger partial charge in [-0.2, -0.15) is 0 Å². The molecule has 0 saturated carbocycles. The Kier molecular flexibility index (Phi) is 5.40. The number of aromatic nitrogens is 2. The molecule has 0 saturated heterocycles. The predicted octanol–water partition coefficient (Wildman–Crippen LogP) is 11.3. The highest BCUT2D eigenvalue weighted by Crippen LogP contribution is 2.44. The molecule has 2 heterocycles. The molecule has 0 N–H and O–H groups in total. The number of benzene rings is 7. The van der Waals surface area contributed by atoms with Gasteiger partial charge in [0.1, 0.15) is 0 Å². The van der Waals surface area contributed by atoms with Crippen LogP contribution in [0.1, 0.15) is 0 Å². The molecule has 0 bridgehead atoms. The Morgan fingerprint density at radius 1 is 0.372 bits per heavy atom. The first-order chi connectivity index (χ1) is 21.3. The van der Waals surface area contributed by atoms with E-state index in [1.165, 1.54) is 53.2 Å². The molecule has 3 heteroatoms. The highest BCUT2D eigenvalue weighted by Gasteiger charge is 2.15. The van der Waals surface area contributed by atoms with Crippen molar-refractivity contribution in [2.45, 2.75) is 0 Å². The van der Waals surface area contributed by atoms with Crippen LogP contribution in [0, 0.1) is 0 Å². The maximum atomic E-state index is 5.18. The summed E-state index contributed by atoms with van der Waals surface area (Å²) in [7, 11) is 0. The standard InChI is InChI=1S/C40H24N2S/c1-2-10-25(11-3-1)28-16-8-18-34-35-19-9-17-29(40(35)43-39(28)34)26-20-22-27(23-21-26)36-24-41-37-32-14-6-4-12-30(32)31-13-5-7-15-33(31)38(37)42-36/h1-24H. The van der Waals surface area contributed by atoms with Crippen LogP contribution in [0.25, 0.3) is 86.3 Å². The molecule has 9 rings (SSSR count). The van der Waals surface area contributed by atoms with Gasteiger partial charge in [0.25, 0.3) is 0 Å². The lowest BCUT2D eigenvalue weighted by Crippen LogP contribution is -1.92. The topological polar surface area (TPSA) is 25.8 Å². The number of hydrogen-bond donors (Lipinski definition) is 0. The van der Waals surface area contributed by atoms with Gasteiger partial charge in [0.15, 0.2) is 0 Å². The molecule has 2 aromatic heterocycles. The first-order valence-electron chi connectivity index (χ1n) is 14.5. The molecule has 0 unspecified atom stereocenters. The summed E-state index contributed by atoms with van der Waals surface area (Å²) < 4.78 is 2.65. The minimum Gasteiger partial charge on any atom is -0.252 e. The van der Waals surface area contributed by atoms with Crippen LogP contribution in [-0.2, 0) is 0 Å². The summed E-state index contributed by atoms with van der Waals surface area (Å²) >= 11 is 1.89. The highest BCUT2D eigenvalue weighted by atomic mass is 32.1. The zero-order valence-corrected chi connectivity index (χ0v) is 24.0. The third kappa shape index (κ3) is 3.79. The van der Waals surface area contributed by atoms with Crippen molar-refractivity contribution in [3.05, 3.63) is 146 Å². The Balaban J connectivity index is 1.17. The van der Waals surface area contributed by atoms with E-state index in [9.17, 15) is 0 Å². The van der Waals surface area contributed by atoms with Crippen molar-refractivity contribution in [2.24, 2.45) is 0 Å². The van der Waals surface area contributed by atoms with Crippen LogP contribution in [-0.4, -0.2) is 9.97 Å². The van der Waals surface area contributed by atoms with Gasteiger partial charge in [-0.25, -0.2) is 4.98 Å². The van der Waals surface area contributed by atoms with Gasteiger partial charge in [0, 0.05) is 36.5 Å². The quantitative estimate of drug-likeness (QED) is 0.199. The van der Waals surface area contributed by atoms with Gasteiger partial charge in [-0.15, -0.1) is 11.3 Å². The predicted molar refractivity (Wildman–Crippen MR) is 184 cm³/mol. The molecule has 43 heavy (non-hydrogen) atoms. The molecular weight excluding hydrogens is 541 g/mol. The van der Waals surface area contributed by atoms with Crippen molar-refractivity contribution in [1.82, 2.24) is 9.97 Å². The third-order valence-electron chi connectivity index (χ3n) is 8.53. The fourth-order valence-electron chi connectivity index (χ4n) is 6.48. The van der Waals surface area contributed by atoms with Crippen LogP contribution in [0.4, 0.5) is 0 Å². The molecule has 0 fully saturated rings. The molecule has 9 aromatic rings. The Morgan fingerprint density at radius 2 is 0.860 bits per heavy atom. The van der Waals surface area contributed by atoms with E-state index >= 15 is 0 Å². The van der Waals surface area contributed by atoms with Crippen LogP contribution in [0.15, 0.2) is 146 Å². The fraction of sp³-hybridized carbons (Fsp3) is 0. The van der Waals surface area contributed by atoms with Crippen LogP contribution in [0.5, 0.6) is 0 Å². The number of hydrogen-bond acceptors (Lipinski definition) is 3. The van der Waals surface area contributed by atoms with Crippen molar-refractivity contribution < 1.29 is 0 Å². The molecular formula is C40H24N2S. The van der Waals surface area contributed by atoms with Gasteiger partial charge in [-0.05, 0) is 33.0 Å². The Labute approximate surface area is 252 Å². The summed E-state index contributed by atoms with van der Waals surface area (Å²) in [5.74, 6) is 0. The van der Waals surface area contributed by atoms with Gasteiger partial charge in [0.05, 0.1) is 22.9 Å². The SMILES string of the molecule is c1ccc(-c2cccc3c2sc2c(-c4ccc(-c5cnc6c7ccccc7c7ccccc7c6n5)cc4)cccc23)cc1. The molecule has 0 radical (unpaired) electrons. The zero-order chi connectivity index (χ0) is 28.3. The monoisotopic (exact) mass is 564 g/mol. The normalized spacial score (nSPS) is 11.7. The van der Waals surface area contributed by atoms with E-state index in [0.29, 0.717) is 0 Å². The lowest BCUT2D eigenvalue weighted by molar-refractivity contribution is 1.31. The number of nitrogens with zero attached hydrogens (tertiary/aromatic N) is 2. The van der Waals surface area contributed by atoms with Gasteiger partial charge < -0.3 is 0 Å². The zero-order valence-electron chi connectivity index (χ0n) is 23.2. The van der Waals surface area contributed by atoms with Crippen LogP contribution in [0.2, 0.25) is 0 Å². The number of fused-ring (bicyclic) bond motifs is 9. The van der Waals surface area contributed by atoms with Crippen LogP contribution < -0.4 is 0 Å². The summed E-state index contributed by atoms with van der Waals surface area (Å²) in [6.07, 6.45) is 1.91. The van der Waals surface area contributed by atoms with E-state index in [1.807, 2.05) is 17.5 Å². The number of thiophene rings is 1. The summed E-state index contributed by atoms with van der Waals surface area (Å²) in [4.78, 5) is 10.1. The van der Waals surface area contributed by atoms with E-state index in [2.05, 4.69) is 140 Å². The smallest absolute Gasteiger partial charge is 0.0979 e. The third-order valence-corrected chi connectivity index (χ3v) is 9.82. The van der Waals surface area contributed by atoms with Crippen LogP contribution in [0.3, 0.4) is 0 Å². The lowest BCUT2D eigenvalue weighted by atomic mass is 9.98. The second-order valence-corrected chi connectivity index (χ2v) is 12.0. The van der Waals surface area contributed by atoms with Gasteiger partial charge in [0.2, 0.25) is 0 Å². The van der Waals surface area contributed by atoms with E-state index in [1.54, 1.807) is 0 Å². The molecule has 2 nitrogen and oxygen atoms in total. The summed E-state index contributed by atoms with van der Waals surface area (Å²) in [5, 5.41) is 7.30. The molecule has 0 amide bonds. The molecule has 200 valence electrons. The van der Waals surface area contributed by atoms with E-state index < -0.39 is 0 Å². The average molecular weight is 565 g/mol. The first-order valence-corrected chi connectivity index (χ1v) is 15.3. The largest absolute Gasteiger partial charge is 0.252 e. The van der Waals surface area contributed by atoms with Crippen molar-refractivity contribution in [1.29, 1.82) is 0 Å². The highest BCUT2D eigenvalue weighted by molar-refractivity contribution is 7.26. The summed E-state index contributed by atoms with van der Waals surface area (Å²) in [5.41, 5.74) is 8.83. The van der Waals surface area contributed by atoms with Crippen molar-refractivity contribution in [2.75, 3.05) is 0 Å². The van der Waals surface area contributed by atoms with E-state index in [-0.39, 0.29) is 0 Å². The molecule has 0 aliphatic heterocycles. The summed E-state index contributed by atoms with van der Waals surface area (Å²) in [6, 6.07) is 49.8. The molecule has 0 aliphatic carbocycles. The Hall–Kier alpha value is -5.38. The van der Waals surface area contributed by atoms with E-state index in [4.69, 9.17) is 9.97 Å². The summed E-state index contributed by atoms with van der Waals surface area (Å²) in [6.45, 7) is 0. The lowest BCUT2D eigenvalue weighted by Gasteiger charge is -2.10.